The average Bonchev–Trinajstić information content (AvgIpc) is 0.900. The molecule has 4 atom stereocenters. The highest BCUT2D eigenvalue weighted by Crippen LogP contribution is 2.37. The van der Waals surface area contributed by atoms with Crippen molar-refractivity contribution in [1.82, 2.24) is 89.5 Å². The first-order valence-electron chi connectivity index (χ1n) is 38.1. The number of nitrogens with one attached hydrogen (secondary N) is 4. The zero-order valence-corrected chi connectivity index (χ0v) is 75.2. The van der Waals surface area contributed by atoms with Gasteiger partial charge in [0.15, 0.2) is 23.2 Å². The van der Waals surface area contributed by atoms with Crippen LogP contribution in [0.2, 0.25) is 31.2 Å². The molecule has 0 aliphatic carbocycles. The summed E-state index contributed by atoms with van der Waals surface area (Å²) >= 11 is 34.0. The Bertz CT molecular complexity index is 5260. The summed E-state index contributed by atoms with van der Waals surface area (Å²) in [7, 11) is 6.67. The molecule has 1 aliphatic rings. The van der Waals surface area contributed by atoms with E-state index in [1.807, 2.05) is 98.9 Å². The Kier molecular flexibility index (Phi) is 39.3. The van der Waals surface area contributed by atoms with E-state index in [1.54, 1.807) is 95.7 Å². The largest absolute Gasteiger partial charge is 0.389 e. The maximum atomic E-state index is 12.5. The third-order valence-electron chi connectivity index (χ3n) is 18.4. The second-order valence-corrected chi connectivity index (χ2v) is 31.4. The number of nitro groups is 3. The van der Waals surface area contributed by atoms with Crippen LogP contribution in [-0.2, 0) is 58.4 Å². The van der Waals surface area contributed by atoms with E-state index in [-0.39, 0.29) is 122 Å². The molecule has 0 unspecified atom stereocenters. The zero-order chi connectivity index (χ0) is 92.3. The van der Waals surface area contributed by atoms with Crippen molar-refractivity contribution in [3.63, 3.8) is 0 Å². The number of anilines is 6. The number of pyridine rings is 3. The number of carbonyl (C=O) groups is 4. The summed E-state index contributed by atoms with van der Waals surface area (Å²) in [5.74, 6) is 0.291. The van der Waals surface area contributed by atoms with Gasteiger partial charge in [0, 0.05) is 94.6 Å². The fraction of sp³-hybridized carbons (Fsp3) is 0.429. The summed E-state index contributed by atoms with van der Waals surface area (Å²) in [5, 5.41) is 86.3. The van der Waals surface area contributed by atoms with Crippen molar-refractivity contribution in [1.29, 1.82) is 0 Å². The van der Waals surface area contributed by atoms with Gasteiger partial charge in [-0.1, -0.05) is 120 Å². The van der Waals surface area contributed by atoms with Crippen LogP contribution in [0.25, 0.3) is 0 Å². The van der Waals surface area contributed by atoms with Gasteiger partial charge >= 0.3 is 17.1 Å². The number of aryl methyl sites for hydroxylation is 4. The molecule has 0 aromatic carbocycles. The SMILES string of the molecule is CN[C@H](C(=O)CO)C(C)C.Cc1nc(Cl)nc(Cl)c1[N+](=O)[O-].Cc1nc(Cl)nc(N(C)[C@H](C(=O)CO)C(C)C)c1[N+](=O)[O-].Cc1nc(NCc2cnn(Cc3ccc(Cl)nc3)c2)nc(N(C)[C@H](C(=O)CO)C(C)C)c1[N+](=O)[O-].Cc1nc(NCc2cnn(Cc3ccc(Cl)nc3)c2)nc2c1NC(=O)[C@H](C(C)C)N2C.NCc1cnn(Cc2ccc(Cl)nc2)c1. The highest BCUT2D eigenvalue weighted by atomic mass is 35.5. The number of amides is 1. The van der Waals surface area contributed by atoms with Gasteiger partial charge in [0.1, 0.15) is 64.1 Å². The Morgan fingerprint density at radius 3 is 1.24 bits per heavy atom. The molecule has 124 heavy (non-hydrogen) atoms. The molecule has 0 saturated heterocycles. The van der Waals surface area contributed by atoms with Crippen LogP contribution >= 0.6 is 69.6 Å². The number of Topliss-reactive ketones (excluding diaryl/α,β-unsaturated/α-hetero) is 3. The molecule has 47 heteroatoms. The van der Waals surface area contributed by atoms with Crippen molar-refractivity contribution in [3.05, 3.63) is 210 Å². The lowest BCUT2D eigenvalue weighted by Crippen LogP contribution is -2.49. The smallest absolute Gasteiger partial charge is 0.332 e. The van der Waals surface area contributed by atoms with Crippen molar-refractivity contribution in [3.8, 4) is 0 Å². The van der Waals surface area contributed by atoms with Crippen LogP contribution in [0.3, 0.4) is 0 Å². The van der Waals surface area contributed by atoms with Crippen molar-refractivity contribution in [2.75, 3.05) is 78.7 Å². The van der Waals surface area contributed by atoms with Crippen molar-refractivity contribution in [2.24, 2.45) is 29.4 Å². The minimum absolute atomic E-state index is 0.00330. The van der Waals surface area contributed by atoms with Gasteiger partial charge in [0.05, 0.1) is 76.8 Å². The highest BCUT2D eigenvalue weighted by molar-refractivity contribution is 6.33. The summed E-state index contributed by atoms with van der Waals surface area (Å²) < 4.78 is 5.42. The Morgan fingerprint density at radius 1 is 0.516 bits per heavy atom. The van der Waals surface area contributed by atoms with Gasteiger partial charge in [-0.15, -0.1) is 0 Å². The number of hydrogen-bond acceptors (Lipinski definition) is 34. The van der Waals surface area contributed by atoms with Crippen molar-refractivity contribution < 1.29 is 49.3 Å². The van der Waals surface area contributed by atoms with Crippen molar-refractivity contribution in [2.45, 2.75) is 147 Å². The number of halogens is 6. The lowest BCUT2D eigenvalue weighted by molar-refractivity contribution is -0.385. The van der Waals surface area contributed by atoms with E-state index < -0.39 is 51.6 Å². The van der Waals surface area contributed by atoms with E-state index in [2.05, 4.69) is 91.4 Å². The molecule has 666 valence electrons. The summed E-state index contributed by atoms with van der Waals surface area (Å²) in [4.78, 5) is 128. The second kappa shape index (κ2) is 48.0. The maximum Gasteiger partial charge on any atom is 0.332 e. The van der Waals surface area contributed by atoms with E-state index in [0.29, 0.717) is 66.4 Å². The predicted octanol–water partition coefficient (Wildman–Crippen LogP) is 10.3. The molecule has 0 radical (unpaired) electrons. The molecule has 0 bridgehead atoms. The number of aliphatic hydroxyl groups is 3. The Labute approximate surface area is 743 Å². The molecule has 10 aromatic heterocycles. The van der Waals surface area contributed by atoms with Gasteiger partial charge in [-0.05, 0) is 117 Å². The van der Waals surface area contributed by atoms with Crippen LogP contribution in [0.15, 0.2) is 92.2 Å². The van der Waals surface area contributed by atoms with Crippen LogP contribution in [0.5, 0.6) is 0 Å². The summed E-state index contributed by atoms with van der Waals surface area (Å²) in [6.07, 6.45) is 16.2. The first kappa shape index (κ1) is 101. The van der Waals surface area contributed by atoms with E-state index in [0.717, 1.165) is 44.9 Å². The van der Waals surface area contributed by atoms with E-state index in [9.17, 15) is 54.6 Å². The lowest BCUT2D eigenvalue weighted by atomic mass is 9.98. The predicted molar refractivity (Wildman–Crippen MR) is 470 cm³/mol. The summed E-state index contributed by atoms with van der Waals surface area (Å²) in [6.45, 7) is 22.8. The Morgan fingerprint density at radius 2 is 0.895 bits per heavy atom. The normalized spacial score (nSPS) is 12.7. The van der Waals surface area contributed by atoms with Crippen LogP contribution < -0.4 is 41.7 Å². The fourth-order valence-electron chi connectivity index (χ4n) is 12.7. The number of nitrogens with two attached hydrogens (primary N) is 1. The average molecular weight is 1840 g/mol. The molecule has 11 heterocycles. The standard InChI is InChI=1S/C22H27ClN8O4.C21H25ClN8O.C12H17ClN4O4.C10H11ClN4.C7H15NO2.C5H3Cl2N3O2/c1-13(2)19(17(33)12-32)29(4)21-20(31(34)35)14(3)27-22(28-21)25-8-16-9-26-30(11-16)10-15-5-6-18(23)24-7-15;1-12(2)18-20(31)27-17-13(3)26-21(28-19(17)29(18)4)24-8-15-9-25-30(11-15)10-14-5-6-16(22)23-7-14;1-6(2)9(8(19)5-18)16(4)11-10(17(20)21)7(3)14-12(13)15-11;11-10-2-1-8(4-13-10)6-15-7-9(3-12)5-14-15;1-5(2)7(8-3)6(10)4-9;1-2-3(10(11)12)4(6)9-5(7)8-2/h5-7,9,11,13,19,32H,8,10,12H2,1-4H3,(H,25,27,28);5-7,9,11-12,18H,8,10H2,1-4H3,(H,27,31)(H,24,26,28);6,9,18H,5H2,1-4H3;1-2,4-5,7H,3,6,12H2;5,7-9H,4H2,1-3H3;1H3/t19-;18-;9-;;7-;/m000.0./s1. The molecule has 11 rings (SSSR count). The number of nitrogens with zero attached hydrogens (tertiary/aromatic N) is 23. The Balaban J connectivity index is 0.000000243. The number of hydrogen-bond donors (Lipinski definition) is 8. The number of likely N-dealkylation sites (N-methyl/N-ethyl adjacent to an activating group) is 4. The van der Waals surface area contributed by atoms with E-state index >= 15 is 0 Å². The fourth-order valence-corrected chi connectivity index (χ4v) is 13.8. The molecule has 0 saturated carbocycles. The first-order chi connectivity index (χ1) is 58.5. The minimum Gasteiger partial charge on any atom is -0.389 e. The molecule has 9 N–H and O–H groups in total. The molecule has 1 aliphatic heterocycles. The molecule has 0 fully saturated rings. The van der Waals surface area contributed by atoms with Crippen molar-refractivity contribution >= 4 is 145 Å². The van der Waals surface area contributed by atoms with E-state index in [1.165, 1.54) is 37.6 Å². The third kappa shape index (κ3) is 29.1. The number of aliphatic hydroxyl groups excluding tert-OH is 3. The molecular weight excluding hydrogens is 1740 g/mol. The number of carbonyl (C=O) groups excluding carboxylic acids is 4. The minimum atomic E-state index is -0.790. The van der Waals surface area contributed by atoms with Crippen LogP contribution in [0.1, 0.15) is 112 Å². The summed E-state index contributed by atoms with van der Waals surface area (Å²) in [6, 6.07) is 8.96. The van der Waals surface area contributed by atoms with Crippen LogP contribution in [0.4, 0.5) is 52.1 Å². The molecule has 1 amide bonds. The Hall–Kier alpha value is -11.4. The first-order valence-corrected chi connectivity index (χ1v) is 40.4. The second-order valence-electron chi connectivity index (χ2n) is 29.2. The quantitative estimate of drug-likeness (QED) is 0.00658. The maximum absolute atomic E-state index is 12.5. The van der Waals surface area contributed by atoms with Gasteiger partial charge in [-0.3, -0.25) is 63.6 Å². The number of fused-ring (bicyclic) bond motifs is 1. The van der Waals surface area contributed by atoms with Gasteiger partial charge < -0.3 is 57.0 Å². The third-order valence-corrected chi connectivity index (χ3v) is 19.6. The number of aromatic nitrogens is 17. The lowest BCUT2D eigenvalue weighted by Gasteiger charge is -2.36. The molecular formula is C77H98Cl6N28O13. The topological polar surface area (TPSA) is 537 Å². The van der Waals surface area contributed by atoms with Gasteiger partial charge in [-0.2, -0.15) is 35.2 Å². The van der Waals surface area contributed by atoms with Gasteiger partial charge in [-0.25, -0.2) is 34.9 Å². The highest BCUT2D eigenvalue weighted by Gasteiger charge is 2.38. The van der Waals surface area contributed by atoms with Crippen LogP contribution in [-0.4, -0.2) is 210 Å². The molecule has 0 spiro atoms. The van der Waals surface area contributed by atoms with Crippen LogP contribution in [0, 0.1) is 81.7 Å². The van der Waals surface area contributed by atoms with E-state index in [4.69, 9.17) is 85.6 Å². The van der Waals surface area contributed by atoms with Gasteiger partial charge in [0.2, 0.25) is 45.2 Å². The monoisotopic (exact) mass is 1830 g/mol. The van der Waals surface area contributed by atoms with Gasteiger partial charge in [0.25, 0.3) is 0 Å². The molecule has 10 aromatic rings. The number of ketones is 3. The number of rotatable bonds is 31. The zero-order valence-electron chi connectivity index (χ0n) is 70.7. The summed E-state index contributed by atoms with van der Waals surface area (Å²) in [5.41, 5.74) is 12.3. The molecule has 41 nitrogen and oxygen atoms in total.